The van der Waals surface area contributed by atoms with Crippen molar-refractivity contribution in [2.45, 2.75) is 39.7 Å². The Morgan fingerprint density at radius 3 is 2.25 bits per heavy atom. The number of carbonyl (C=O) groups is 1. The van der Waals surface area contributed by atoms with E-state index < -0.39 is 0 Å². The molecular weight excluding hydrogens is 202 g/mol. The Labute approximate surface area is 97.0 Å². The van der Waals surface area contributed by atoms with E-state index in [0.717, 1.165) is 5.69 Å². The van der Waals surface area contributed by atoms with Gasteiger partial charge in [0.25, 0.3) is 0 Å². The lowest BCUT2D eigenvalue weighted by molar-refractivity contribution is -0.146. The highest BCUT2D eigenvalue weighted by atomic mass is 16.7. The minimum atomic E-state index is -0.258. The van der Waals surface area contributed by atoms with Crippen molar-refractivity contribution in [1.82, 2.24) is 0 Å². The molecule has 88 valence electrons. The SMILES string of the molecule is CCC(=O)ON(c1ccccc1)C(C)(C)C. The van der Waals surface area contributed by atoms with Crippen molar-refractivity contribution in [3.63, 3.8) is 0 Å². The third-order valence-electron chi connectivity index (χ3n) is 2.08. The van der Waals surface area contributed by atoms with Crippen LogP contribution < -0.4 is 5.06 Å². The molecule has 0 atom stereocenters. The maximum Gasteiger partial charge on any atom is 0.332 e. The fraction of sp³-hybridized carbons (Fsp3) is 0.462. The summed E-state index contributed by atoms with van der Waals surface area (Å²) >= 11 is 0. The van der Waals surface area contributed by atoms with Gasteiger partial charge in [-0.2, -0.15) is 0 Å². The Morgan fingerprint density at radius 2 is 1.81 bits per heavy atom. The topological polar surface area (TPSA) is 29.5 Å². The summed E-state index contributed by atoms with van der Waals surface area (Å²) in [6, 6.07) is 9.63. The Balaban J connectivity index is 2.93. The standard InChI is InChI=1S/C13H19NO2/c1-5-12(15)16-14(13(2,3)4)11-9-7-6-8-10-11/h6-10H,5H2,1-4H3. The average Bonchev–Trinajstić information content (AvgIpc) is 2.25. The molecule has 0 N–H and O–H groups in total. The van der Waals surface area contributed by atoms with Gasteiger partial charge in [-0.3, -0.25) is 0 Å². The smallest absolute Gasteiger partial charge is 0.332 e. The summed E-state index contributed by atoms with van der Waals surface area (Å²) in [6.45, 7) is 7.79. The van der Waals surface area contributed by atoms with Gasteiger partial charge in [-0.1, -0.05) is 25.1 Å². The molecule has 3 nitrogen and oxygen atoms in total. The molecule has 0 heterocycles. The van der Waals surface area contributed by atoms with E-state index in [1.807, 2.05) is 51.1 Å². The van der Waals surface area contributed by atoms with Crippen molar-refractivity contribution in [2.24, 2.45) is 0 Å². The van der Waals surface area contributed by atoms with Crippen LogP contribution in [0.4, 0.5) is 5.69 Å². The van der Waals surface area contributed by atoms with Crippen molar-refractivity contribution in [1.29, 1.82) is 0 Å². The zero-order valence-corrected chi connectivity index (χ0v) is 10.4. The van der Waals surface area contributed by atoms with Crippen LogP contribution in [0.2, 0.25) is 0 Å². The van der Waals surface area contributed by atoms with E-state index >= 15 is 0 Å². The molecule has 0 aliphatic heterocycles. The summed E-state index contributed by atoms with van der Waals surface area (Å²) in [5.74, 6) is -0.223. The van der Waals surface area contributed by atoms with Gasteiger partial charge in [0.05, 0.1) is 11.2 Å². The summed E-state index contributed by atoms with van der Waals surface area (Å²) < 4.78 is 0. The molecule has 0 radical (unpaired) electrons. The average molecular weight is 221 g/mol. The van der Waals surface area contributed by atoms with Crippen LogP contribution >= 0.6 is 0 Å². The second-order valence-electron chi connectivity index (χ2n) is 4.62. The zero-order valence-electron chi connectivity index (χ0n) is 10.4. The van der Waals surface area contributed by atoms with E-state index in [4.69, 9.17) is 4.84 Å². The molecule has 1 aromatic carbocycles. The lowest BCUT2D eigenvalue weighted by Gasteiger charge is -2.35. The van der Waals surface area contributed by atoms with E-state index in [1.54, 1.807) is 12.0 Å². The molecule has 0 aliphatic rings. The van der Waals surface area contributed by atoms with Gasteiger partial charge in [0.1, 0.15) is 0 Å². The van der Waals surface area contributed by atoms with E-state index in [9.17, 15) is 4.79 Å². The Morgan fingerprint density at radius 1 is 1.25 bits per heavy atom. The van der Waals surface area contributed by atoms with Crippen LogP contribution in [0, 0.1) is 0 Å². The lowest BCUT2D eigenvalue weighted by Crippen LogP contribution is -2.42. The molecular formula is C13H19NO2. The summed E-state index contributed by atoms with van der Waals surface area (Å²) in [7, 11) is 0. The first-order chi connectivity index (χ1) is 7.45. The first-order valence-electron chi connectivity index (χ1n) is 5.51. The second kappa shape index (κ2) is 5.01. The van der Waals surface area contributed by atoms with Crippen LogP contribution in [0.3, 0.4) is 0 Å². The molecule has 0 spiro atoms. The van der Waals surface area contributed by atoms with Crippen LogP contribution in [-0.2, 0) is 9.63 Å². The van der Waals surface area contributed by atoms with Crippen molar-refractivity contribution >= 4 is 11.7 Å². The highest BCUT2D eigenvalue weighted by Gasteiger charge is 2.25. The third-order valence-corrected chi connectivity index (χ3v) is 2.08. The molecule has 0 aliphatic carbocycles. The molecule has 1 rings (SSSR count). The second-order valence-corrected chi connectivity index (χ2v) is 4.62. The molecule has 16 heavy (non-hydrogen) atoms. The number of hydrogen-bond donors (Lipinski definition) is 0. The summed E-state index contributed by atoms with van der Waals surface area (Å²) in [5.41, 5.74) is 0.628. The maximum atomic E-state index is 11.4. The summed E-state index contributed by atoms with van der Waals surface area (Å²) in [6.07, 6.45) is 0.374. The lowest BCUT2D eigenvalue weighted by atomic mass is 10.1. The first-order valence-corrected chi connectivity index (χ1v) is 5.51. The van der Waals surface area contributed by atoms with Gasteiger partial charge >= 0.3 is 5.97 Å². The van der Waals surface area contributed by atoms with Gasteiger partial charge in [0.15, 0.2) is 0 Å². The summed E-state index contributed by atoms with van der Waals surface area (Å²) in [4.78, 5) is 16.7. The van der Waals surface area contributed by atoms with Crippen LogP contribution in [-0.4, -0.2) is 11.5 Å². The Hall–Kier alpha value is -1.51. The maximum absolute atomic E-state index is 11.4. The number of benzene rings is 1. The normalized spacial score (nSPS) is 11.0. The number of para-hydroxylation sites is 1. The van der Waals surface area contributed by atoms with Crippen LogP contribution in [0.15, 0.2) is 30.3 Å². The van der Waals surface area contributed by atoms with Gasteiger partial charge in [0, 0.05) is 6.42 Å². The van der Waals surface area contributed by atoms with Crippen LogP contribution in [0.1, 0.15) is 34.1 Å². The quantitative estimate of drug-likeness (QED) is 0.734. The van der Waals surface area contributed by atoms with E-state index in [-0.39, 0.29) is 11.5 Å². The number of carbonyl (C=O) groups excluding carboxylic acids is 1. The van der Waals surface area contributed by atoms with Gasteiger partial charge in [-0.15, -0.1) is 0 Å². The van der Waals surface area contributed by atoms with Crippen molar-refractivity contribution in [2.75, 3.05) is 5.06 Å². The zero-order chi connectivity index (χ0) is 12.2. The minimum absolute atomic E-state index is 0.223. The van der Waals surface area contributed by atoms with Gasteiger partial charge in [-0.05, 0) is 32.9 Å². The fourth-order valence-electron chi connectivity index (χ4n) is 1.31. The molecule has 0 saturated heterocycles. The molecule has 0 aromatic heterocycles. The Kier molecular flexibility index (Phi) is 3.93. The van der Waals surface area contributed by atoms with E-state index in [2.05, 4.69) is 0 Å². The number of hydroxylamine groups is 1. The largest absolute Gasteiger partial charge is 0.340 e. The molecule has 3 heteroatoms. The van der Waals surface area contributed by atoms with Crippen molar-refractivity contribution < 1.29 is 9.63 Å². The molecule has 1 aromatic rings. The van der Waals surface area contributed by atoms with Crippen molar-refractivity contribution in [3.8, 4) is 0 Å². The first kappa shape index (κ1) is 12.6. The number of rotatable bonds is 3. The van der Waals surface area contributed by atoms with Crippen molar-refractivity contribution in [3.05, 3.63) is 30.3 Å². The number of nitrogens with zero attached hydrogens (tertiary/aromatic N) is 1. The van der Waals surface area contributed by atoms with Gasteiger partial charge in [0.2, 0.25) is 0 Å². The van der Waals surface area contributed by atoms with E-state index in [0.29, 0.717) is 6.42 Å². The highest BCUT2D eigenvalue weighted by molar-refractivity contribution is 5.70. The Bertz CT molecular complexity index is 341. The predicted octanol–water partition coefficient (Wildman–Crippen LogP) is 3.16. The molecule has 0 unspecified atom stereocenters. The minimum Gasteiger partial charge on any atom is -0.340 e. The van der Waals surface area contributed by atoms with Gasteiger partial charge < -0.3 is 4.84 Å². The van der Waals surface area contributed by atoms with E-state index in [1.165, 1.54) is 0 Å². The molecule has 0 bridgehead atoms. The van der Waals surface area contributed by atoms with Gasteiger partial charge in [-0.25, -0.2) is 9.86 Å². The highest BCUT2D eigenvalue weighted by Crippen LogP contribution is 2.24. The molecule has 0 fully saturated rings. The fourth-order valence-corrected chi connectivity index (χ4v) is 1.31. The molecule has 0 saturated carbocycles. The predicted molar refractivity (Wildman–Crippen MR) is 65.1 cm³/mol. The third kappa shape index (κ3) is 3.26. The van der Waals surface area contributed by atoms with Crippen LogP contribution in [0.5, 0.6) is 0 Å². The monoisotopic (exact) mass is 221 g/mol. The number of anilines is 1. The number of hydrogen-bond acceptors (Lipinski definition) is 3. The summed E-state index contributed by atoms with van der Waals surface area (Å²) in [5, 5.41) is 1.65. The van der Waals surface area contributed by atoms with Crippen LogP contribution in [0.25, 0.3) is 0 Å². The molecule has 0 amide bonds.